The molecule has 190 valence electrons. The summed E-state index contributed by atoms with van der Waals surface area (Å²) < 4.78 is 10.8. The molecule has 1 aliphatic heterocycles. The first kappa shape index (κ1) is 24.3. The normalized spacial score (nSPS) is 17.5. The second-order valence-electron chi connectivity index (χ2n) is 9.56. The van der Waals surface area contributed by atoms with Gasteiger partial charge in [0.25, 0.3) is 0 Å². The summed E-state index contributed by atoms with van der Waals surface area (Å²) in [5, 5.41) is 25.4. The van der Waals surface area contributed by atoms with Crippen LogP contribution < -0.4 is 10.2 Å². The number of amides is 1. The number of benzene rings is 1. The average molecular weight is 502 g/mol. The SMILES string of the molecule is CC(OC(=O)Nc1c(C#N)noc1-c1ccc(N2CCC(C3(C(=O)O)CC3)CC2)nc1)c1ccccc1. The van der Waals surface area contributed by atoms with E-state index >= 15 is 0 Å². The van der Waals surface area contributed by atoms with Crippen LogP contribution in [0.15, 0.2) is 53.2 Å². The number of ether oxygens (including phenoxy) is 1. The minimum absolute atomic E-state index is 0.0714. The van der Waals surface area contributed by atoms with Crippen molar-refractivity contribution in [2.75, 3.05) is 23.3 Å². The van der Waals surface area contributed by atoms with Crippen molar-refractivity contribution in [3.05, 3.63) is 59.9 Å². The summed E-state index contributed by atoms with van der Waals surface area (Å²) in [6, 6.07) is 14.9. The van der Waals surface area contributed by atoms with Gasteiger partial charge in [0.15, 0.2) is 5.76 Å². The number of carboxylic acids is 1. The van der Waals surface area contributed by atoms with E-state index in [1.54, 1.807) is 19.2 Å². The van der Waals surface area contributed by atoms with Gasteiger partial charge in [-0.2, -0.15) is 5.26 Å². The van der Waals surface area contributed by atoms with Crippen LogP contribution in [-0.4, -0.2) is 40.4 Å². The Kier molecular flexibility index (Phi) is 6.53. The van der Waals surface area contributed by atoms with E-state index < -0.39 is 23.6 Å². The predicted molar refractivity (Wildman–Crippen MR) is 134 cm³/mol. The first-order chi connectivity index (χ1) is 17.9. The number of hydrogen-bond donors (Lipinski definition) is 2. The van der Waals surface area contributed by atoms with Crippen LogP contribution in [0.4, 0.5) is 16.3 Å². The lowest BCUT2D eigenvalue weighted by molar-refractivity contribution is -0.146. The summed E-state index contributed by atoms with van der Waals surface area (Å²) in [5.41, 5.74) is 0.909. The largest absolute Gasteiger partial charge is 0.481 e. The number of carbonyl (C=O) groups excluding carboxylic acids is 1. The zero-order chi connectivity index (χ0) is 26.0. The number of hydrogen-bond acceptors (Lipinski definition) is 8. The fourth-order valence-electron chi connectivity index (χ4n) is 5.06. The highest BCUT2D eigenvalue weighted by Gasteiger charge is 2.56. The highest BCUT2D eigenvalue weighted by molar-refractivity contribution is 5.91. The second kappa shape index (κ2) is 9.93. The number of carbonyl (C=O) groups is 2. The van der Waals surface area contributed by atoms with Crippen molar-refractivity contribution in [3.63, 3.8) is 0 Å². The molecule has 1 saturated heterocycles. The van der Waals surface area contributed by atoms with E-state index in [4.69, 9.17) is 9.26 Å². The van der Waals surface area contributed by atoms with E-state index in [1.807, 2.05) is 42.5 Å². The average Bonchev–Trinajstić information content (AvgIpc) is 3.65. The van der Waals surface area contributed by atoms with Crippen molar-refractivity contribution in [3.8, 4) is 17.4 Å². The number of pyridine rings is 1. The van der Waals surface area contributed by atoms with Crippen LogP contribution in [0.5, 0.6) is 0 Å². The molecule has 0 bridgehead atoms. The summed E-state index contributed by atoms with van der Waals surface area (Å²) in [6.45, 7) is 3.24. The van der Waals surface area contributed by atoms with Gasteiger partial charge in [-0.05, 0) is 56.2 Å². The second-order valence-corrected chi connectivity index (χ2v) is 9.56. The molecule has 2 N–H and O–H groups in total. The molecule has 0 spiro atoms. The minimum Gasteiger partial charge on any atom is -0.481 e. The van der Waals surface area contributed by atoms with E-state index in [0.717, 1.165) is 50.2 Å². The van der Waals surface area contributed by atoms with Crippen LogP contribution in [0.2, 0.25) is 0 Å². The van der Waals surface area contributed by atoms with Crippen LogP contribution in [0.3, 0.4) is 0 Å². The van der Waals surface area contributed by atoms with Crippen molar-refractivity contribution in [1.82, 2.24) is 10.1 Å². The lowest BCUT2D eigenvalue weighted by atomic mass is 9.81. The molecule has 1 aliphatic carbocycles. The zero-order valence-electron chi connectivity index (χ0n) is 20.4. The van der Waals surface area contributed by atoms with Crippen LogP contribution in [0, 0.1) is 22.7 Å². The maximum Gasteiger partial charge on any atom is 0.412 e. The lowest BCUT2D eigenvalue weighted by Gasteiger charge is -2.35. The molecule has 1 aromatic carbocycles. The maximum atomic E-state index is 12.6. The zero-order valence-corrected chi connectivity index (χ0v) is 20.4. The molecule has 3 aromatic rings. The van der Waals surface area contributed by atoms with Gasteiger partial charge in [0, 0.05) is 24.8 Å². The van der Waals surface area contributed by atoms with Crippen molar-refractivity contribution in [2.24, 2.45) is 11.3 Å². The molecule has 0 radical (unpaired) electrons. The van der Waals surface area contributed by atoms with E-state index in [1.165, 1.54) is 0 Å². The number of aliphatic carboxylic acids is 1. The van der Waals surface area contributed by atoms with Gasteiger partial charge in [-0.1, -0.05) is 35.5 Å². The van der Waals surface area contributed by atoms with Gasteiger partial charge >= 0.3 is 12.1 Å². The highest BCUT2D eigenvalue weighted by Crippen LogP contribution is 2.55. The molecule has 10 heteroatoms. The molecular formula is C27H27N5O5. The molecule has 10 nitrogen and oxygen atoms in total. The van der Waals surface area contributed by atoms with Crippen molar-refractivity contribution < 1.29 is 24.0 Å². The van der Waals surface area contributed by atoms with Crippen LogP contribution >= 0.6 is 0 Å². The number of nitrogens with zero attached hydrogens (tertiary/aromatic N) is 4. The fraction of sp³-hybridized carbons (Fsp3) is 0.370. The number of rotatable bonds is 7. The Balaban J connectivity index is 1.26. The Bertz CT molecular complexity index is 1320. The molecule has 1 saturated carbocycles. The number of aromatic nitrogens is 2. The lowest BCUT2D eigenvalue weighted by Crippen LogP contribution is -2.39. The fourth-order valence-corrected chi connectivity index (χ4v) is 5.06. The number of piperidine rings is 1. The van der Waals surface area contributed by atoms with E-state index in [0.29, 0.717) is 5.56 Å². The third kappa shape index (κ3) is 4.85. The third-order valence-electron chi connectivity index (χ3n) is 7.40. The summed E-state index contributed by atoms with van der Waals surface area (Å²) in [4.78, 5) is 30.9. The van der Waals surface area contributed by atoms with Crippen molar-refractivity contribution in [2.45, 2.75) is 38.7 Å². The summed E-state index contributed by atoms with van der Waals surface area (Å²) in [5.74, 6) is 0.515. The first-order valence-corrected chi connectivity index (χ1v) is 12.3. The number of anilines is 2. The van der Waals surface area contributed by atoms with Crippen LogP contribution in [-0.2, 0) is 9.53 Å². The Labute approximate surface area is 213 Å². The van der Waals surface area contributed by atoms with Gasteiger partial charge in [0.1, 0.15) is 23.7 Å². The first-order valence-electron chi connectivity index (χ1n) is 12.3. The summed E-state index contributed by atoms with van der Waals surface area (Å²) in [6.07, 6.45) is 3.56. The maximum absolute atomic E-state index is 12.6. The predicted octanol–water partition coefficient (Wildman–Crippen LogP) is 5.00. The molecular weight excluding hydrogens is 474 g/mol. The van der Waals surface area contributed by atoms with E-state index in [9.17, 15) is 20.0 Å². The van der Waals surface area contributed by atoms with Crippen molar-refractivity contribution >= 4 is 23.6 Å². The molecule has 37 heavy (non-hydrogen) atoms. The molecule has 1 unspecified atom stereocenters. The van der Waals surface area contributed by atoms with Crippen LogP contribution in [0.1, 0.15) is 50.0 Å². The summed E-state index contributed by atoms with van der Waals surface area (Å²) in [7, 11) is 0. The van der Waals surface area contributed by atoms with Gasteiger partial charge in [-0.3, -0.25) is 10.1 Å². The van der Waals surface area contributed by atoms with Gasteiger partial charge in [-0.25, -0.2) is 9.78 Å². The molecule has 3 heterocycles. The molecule has 2 aliphatic rings. The van der Waals surface area contributed by atoms with Gasteiger partial charge < -0.3 is 19.3 Å². The third-order valence-corrected chi connectivity index (χ3v) is 7.40. The molecule has 5 rings (SSSR count). The monoisotopic (exact) mass is 501 g/mol. The Morgan fingerprint density at radius 3 is 2.54 bits per heavy atom. The Morgan fingerprint density at radius 2 is 1.95 bits per heavy atom. The van der Waals surface area contributed by atoms with Gasteiger partial charge in [-0.15, -0.1) is 0 Å². The number of nitrogens with one attached hydrogen (secondary N) is 1. The van der Waals surface area contributed by atoms with Gasteiger partial charge in [0.05, 0.1) is 5.41 Å². The molecule has 2 aromatic heterocycles. The standard InChI is InChI=1S/C27H27N5O5/c1-17(18-5-3-2-4-6-18)36-26(35)30-23-21(15-28)31-37-24(23)19-7-8-22(29-16-19)32-13-9-20(10-14-32)27(11-12-27)25(33)34/h2-8,16-17,20H,9-14H2,1H3,(H,30,35)(H,33,34). The number of nitriles is 1. The van der Waals surface area contributed by atoms with E-state index in [2.05, 4.69) is 20.4 Å². The Morgan fingerprint density at radius 1 is 1.22 bits per heavy atom. The van der Waals surface area contributed by atoms with E-state index in [-0.39, 0.29) is 23.1 Å². The molecule has 2 fully saturated rings. The smallest absolute Gasteiger partial charge is 0.412 e. The van der Waals surface area contributed by atoms with Gasteiger partial charge in [0.2, 0.25) is 5.69 Å². The van der Waals surface area contributed by atoms with Crippen LogP contribution in [0.25, 0.3) is 11.3 Å². The minimum atomic E-state index is -0.737. The molecule has 1 amide bonds. The number of carboxylic acid groups (broad SMARTS) is 1. The Hall–Kier alpha value is -4.39. The van der Waals surface area contributed by atoms with Crippen molar-refractivity contribution in [1.29, 1.82) is 5.26 Å². The quantitative estimate of drug-likeness (QED) is 0.457. The molecule has 1 atom stereocenters. The highest BCUT2D eigenvalue weighted by atomic mass is 16.6. The summed E-state index contributed by atoms with van der Waals surface area (Å²) >= 11 is 0. The topological polar surface area (TPSA) is 142 Å².